The minimum Gasteiger partial charge on any atom is -0.390 e. The van der Waals surface area contributed by atoms with E-state index in [4.69, 9.17) is 9.05 Å². The lowest BCUT2D eigenvalue weighted by atomic mass is 9.85. The molecule has 0 heterocycles. The number of carbonyl (C=O) groups excluding carboxylic acids is 1. The molecule has 15 nitrogen and oxygen atoms in total. The van der Waals surface area contributed by atoms with E-state index in [9.17, 15) is 60.2 Å². The zero-order chi connectivity index (χ0) is 49.0. The summed E-state index contributed by atoms with van der Waals surface area (Å²) in [6.07, 6.45) is 20.5. The van der Waals surface area contributed by atoms with E-state index in [1.807, 2.05) is 0 Å². The van der Waals surface area contributed by atoms with Crippen LogP contribution in [0.2, 0.25) is 0 Å². The van der Waals surface area contributed by atoms with Crippen molar-refractivity contribution in [1.29, 1.82) is 0 Å². The molecular formula is C50H100NO14P. The van der Waals surface area contributed by atoms with Crippen molar-refractivity contribution >= 4 is 13.7 Å². The Morgan fingerprint density at radius 2 is 0.758 bits per heavy atom. The molecule has 66 heavy (non-hydrogen) atoms. The third-order valence-electron chi connectivity index (χ3n) is 13.5. The van der Waals surface area contributed by atoms with Gasteiger partial charge in [0.2, 0.25) is 0 Å². The molecule has 1 aliphatic carbocycles. The summed E-state index contributed by atoms with van der Waals surface area (Å²) >= 11 is 0. The second-order valence-corrected chi connectivity index (χ2v) is 20.9. The van der Waals surface area contributed by atoms with E-state index in [1.165, 1.54) is 148 Å². The van der Waals surface area contributed by atoms with Crippen molar-refractivity contribution < 1.29 is 69.3 Å². The topological polar surface area (TPSA) is 267 Å². The number of phosphoric acid groups is 1. The zero-order valence-electron chi connectivity index (χ0n) is 41.4. The Hall–Kier alpha value is -0.780. The fourth-order valence-electron chi connectivity index (χ4n) is 8.93. The monoisotopic (exact) mass is 970 g/mol. The Morgan fingerprint density at radius 3 is 1.09 bits per heavy atom. The number of aliphatic hydroxyl groups excluding tert-OH is 9. The van der Waals surface area contributed by atoms with Gasteiger partial charge in [-0.25, -0.2) is 4.57 Å². The van der Waals surface area contributed by atoms with Crippen molar-refractivity contribution in [2.45, 2.75) is 306 Å². The fourth-order valence-corrected chi connectivity index (χ4v) is 9.89. The first-order valence-electron chi connectivity index (χ1n) is 26.8. The molecule has 1 saturated carbocycles. The lowest BCUT2D eigenvalue weighted by molar-refractivity contribution is -0.220. The lowest BCUT2D eigenvalue weighted by Gasteiger charge is -2.41. The second-order valence-electron chi connectivity index (χ2n) is 19.5. The molecule has 0 saturated heterocycles. The highest BCUT2D eigenvalue weighted by molar-refractivity contribution is 7.47. The van der Waals surface area contributed by atoms with Crippen molar-refractivity contribution in [2.75, 3.05) is 6.61 Å². The van der Waals surface area contributed by atoms with Crippen molar-refractivity contribution in [2.24, 2.45) is 0 Å². The van der Waals surface area contributed by atoms with Crippen LogP contribution in [0.3, 0.4) is 0 Å². The Morgan fingerprint density at radius 1 is 0.470 bits per heavy atom. The van der Waals surface area contributed by atoms with Gasteiger partial charge in [0, 0.05) is 0 Å². The van der Waals surface area contributed by atoms with Crippen molar-refractivity contribution in [3.63, 3.8) is 0 Å². The van der Waals surface area contributed by atoms with Gasteiger partial charge < -0.3 is 56.2 Å². The predicted molar refractivity (Wildman–Crippen MR) is 260 cm³/mol. The molecule has 16 heteroatoms. The second kappa shape index (κ2) is 39.9. The smallest absolute Gasteiger partial charge is 0.390 e. The van der Waals surface area contributed by atoms with Gasteiger partial charge in [-0.1, -0.05) is 226 Å². The maximum atomic E-state index is 13.2. The number of unbranched alkanes of at least 4 members (excludes halogenated alkanes) is 31. The van der Waals surface area contributed by atoms with Crippen LogP contribution in [0.5, 0.6) is 0 Å². The molecule has 0 aromatic heterocycles. The minimum atomic E-state index is -5.29. The number of hydrogen-bond acceptors (Lipinski definition) is 13. The highest BCUT2D eigenvalue weighted by Gasteiger charge is 2.51. The molecule has 0 bridgehead atoms. The van der Waals surface area contributed by atoms with Gasteiger partial charge in [0.25, 0.3) is 5.91 Å². The average molecular weight is 970 g/mol. The summed E-state index contributed by atoms with van der Waals surface area (Å²) in [5, 5.41) is 96.2. The summed E-state index contributed by atoms with van der Waals surface area (Å²) in [6, 6.07) is -1.60. The van der Waals surface area contributed by atoms with Gasteiger partial charge in [-0.3, -0.25) is 13.8 Å². The molecular weight excluding hydrogens is 870 g/mol. The minimum absolute atomic E-state index is 0.126. The normalized spacial score (nSPS) is 23.3. The van der Waals surface area contributed by atoms with Crippen LogP contribution in [0.1, 0.15) is 239 Å². The van der Waals surface area contributed by atoms with E-state index < -0.39 is 87.4 Å². The third-order valence-corrected chi connectivity index (χ3v) is 14.5. The van der Waals surface area contributed by atoms with Crippen LogP contribution in [0, 0.1) is 0 Å². The molecule has 10 unspecified atom stereocenters. The lowest BCUT2D eigenvalue weighted by Crippen LogP contribution is -2.64. The number of rotatable bonds is 45. The van der Waals surface area contributed by atoms with E-state index >= 15 is 0 Å². The molecule has 1 rings (SSSR count). The Kier molecular flexibility index (Phi) is 38.2. The number of amides is 1. The zero-order valence-corrected chi connectivity index (χ0v) is 42.3. The summed E-state index contributed by atoms with van der Waals surface area (Å²) in [5.41, 5.74) is 0. The van der Waals surface area contributed by atoms with Crippen LogP contribution in [-0.2, 0) is 18.4 Å². The largest absolute Gasteiger partial charge is 0.472 e. The average Bonchev–Trinajstić information content (AvgIpc) is 3.30. The predicted octanol–water partition coefficient (Wildman–Crippen LogP) is 7.93. The van der Waals surface area contributed by atoms with Crippen LogP contribution in [0.25, 0.3) is 0 Å². The summed E-state index contributed by atoms with van der Waals surface area (Å²) < 4.78 is 22.8. The van der Waals surface area contributed by atoms with Crippen molar-refractivity contribution in [3.8, 4) is 0 Å². The van der Waals surface area contributed by atoms with Crippen molar-refractivity contribution in [3.05, 3.63) is 0 Å². The summed E-state index contributed by atoms with van der Waals surface area (Å²) in [5.74, 6) is -1.11. The molecule has 10 atom stereocenters. The van der Waals surface area contributed by atoms with E-state index in [-0.39, 0.29) is 12.8 Å². The molecule has 0 spiro atoms. The Labute approximate surface area is 399 Å². The molecule has 0 aliphatic heterocycles. The van der Waals surface area contributed by atoms with Gasteiger partial charge in [0.05, 0.1) is 24.9 Å². The highest BCUT2D eigenvalue weighted by atomic mass is 31.2. The Balaban J connectivity index is 2.50. The number of carbonyl (C=O) groups is 1. The summed E-state index contributed by atoms with van der Waals surface area (Å²) in [7, 11) is -5.29. The summed E-state index contributed by atoms with van der Waals surface area (Å²) in [4.78, 5) is 23.6. The van der Waals surface area contributed by atoms with Crippen LogP contribution in [0.4, 0.5) is 0 Å². The molecule has 0 aromatic rings. The van der Waals surface area contributed by atoms with Crippen molar-refractivity contribution in [1.82, 2.24) is 5.32 Å². The van der Waals surface area contributed by atoms with E-state index in [0.717, 1.165) is 51.4 Å². The number of aliphatic hydroxyl groups is 9. The van der Waals surface area contributed by atoms with E-state index in [0.29, 0.717) is 12.8 Å². The number of hydrogen-bond donors (Lipinski definition) is 11. The van der Waals surface area contributed by atoms with Gasteiger partial charge in [-0.05, 0) is 12.8 Å². The first-order valence-corrected chi connectivity index (χ1v) is 28.3. The highest BCUT2D eigenvalue weighted by Crippen LogP contribution is 2.47. The maximum absolute atomic E-state index is 13.2. The SMILES string of the molecule is CCCCCCCCCCCCCCCCCCCCCCCC(O)C(O)C(=O)NC(COP(=O)(O)OC1C(O)C(O)C(O)C(O)C1O)C(O)C(O)CCCCCCCCCCCCCC. The molecule has 0 aromatic carbocycles. The van der Waals surface area contributed by atoms with Gasteiger partial charge in [0.1, 0.15) is 42.7 Å². The van der Waals surface area contributed by atoms with E-state index in [2.05, 4.69) is 19.2 Å². The van der Waals surface area contributed by atoms with Gasteiger partial charge in [0.15, 0.2) is 6.10 Å². The molecule has 1 fully saturated rings. The molecule has 1 aliphatic rings. The van der Waals surface area contributed by atoms with Crippen LogP contribution in [0.15, 0.2) is 0 Å². The standard InChI is InChI=1S/C50H100NO14P/c1-3-5-7-9-11-13-15-17-18-19-20-21-22-23-24-25-27-29-31-33-35-37-41(53)43(55)50(61)51-39(38-64-66(62,63)65-49-47(59)45(57)44(56)46(58)48(49)60)42(54)40(52)36-34-32-30-28-26-16-14-12-10-8-6-4-2/h39-49,52-60H,3-38H2,1-2H3,(H,51,61)(H,62,63). The summed E-state index contributed by atoms with van der Waals surface area (Å²) in [6.45, 7) is 3.50. The fraction of sp³-hybridized carbons (Fsp3) is 0.980. The number of phosphoric ester groups is 1. The van der Waals surface area contributed by atoms with E-state index in [1.54, 1.807) is 0 Å². The molecule has 394 valence electrons. The molecule has 11 N–H and O–H groups in total. The van der Waals surface area contributed by atoms with Gasteiger partial charge in [-0.2, -0.15) is 0 Å². The van der Waals surface area contributed by atoms with Crippen LogP contribution in [-0.4, -0.2) is 130 Å². The van der Waals surface area contributed by atoms with Gasteiger partial charge in [-0.15, -0.1) is 0 Å². The maximum Gasteiger partial charge on any atom is 0.472 e. The number of nitrogens with one attached hydrogen (secondary N) is 1. The first kappa shape index (κ1) is 63.2. The van der Waals surface area contributed by atoms with Crippen LogP contribution >= 0.6 is 7.82 Å². The van der Waals surface area contributed by atoms with Crippen LogP contribution < -0.4 is 5.32 Å². The molecule has 1 amide bonds. The quantitative estimate of drug-likeness (QED) is 0.0205. The third kappa shape index (κ3) is 29.4. The first-order chi connectivity index (χ1) is 31.7. The van der Waals surface area contributed by atoms with Gasteiger partial charge >= 0.3 is 7.82 Å². The Bertz CT molecular complexity index is 1170. The molecule has 0 radical (unpaired) electrons.